The predicted molar refractivity (Wildman–Crippen MR) is 82.6 cm³/mol. The lowest BCUT2D eigenvalue weighted by Crippen LogP contribution is -2.09. The van der Waals surface area contributed by atoms with Crippen molar-refractivity contribution in [1.29, 1.82) is 0 Å². The van der Waals surface area contributed by atoms with Gasteiger partial charge < -0.3 is 4.74 Å². The van der Waals surface area contributed by atoms with Gasteiger partial charge in [0.1, 0.15) is 0 Å². The molecule has 0 saturated heterocycles. The van der Waals surface area contributed by atoms with Gasteiger partial charge in [-0.3, -0.25) is 4.79 Å². The summed E-state index contributed by atoms with van der Waals surface area (Å²) in [6.07, 6.45) is 3.11. The van der Waals surface area contributed by atoms with Gasteiger partial charge in [-0.25, -0.2) is 4.79 Å². The van der Waals surface area contributed by atoms with Crippen LogP contribution in [0.2, 0.25) is 5.02 Å². The number of hydrogen-bond donors (Lipinski definition) is 0. The molecular weight excluding hydrogens is 288 g/mol. The second kappa shape index (κ2) is 6.86. The van der Waals surface area contributed by atoms with E-state index in [0.29, 0.717) is 5.02 Å². The van der Waals surface area contributed by atoms with E-state index in [9.17, 15) is 9.59 Å². The lowest BCUT2D eigenvalue weighted by atomic mass is 10.0. The second-order valence-electron chi connectivity index (χ2n) is 4.29. The molecule has 0 spiro atoms. The third kappa shape index (κ3) is 3.80. The molecule has 2 aromatic rings. The maximum atomic E-state index is 12.2. The van der Waals surface area contributed by atoms with E-state index in [0.717, 1.165) is 5.56 Å². The Morgan fingerprint density at radius 1 is 1.05 bits per heavy atom. The Bertz CT molecular complexity index is 690. The summed E-state index contributed by atoms with van der Waals surface area (Å²) in [5, 5.41) is 0.374. The molecule has 0 amide bonds. The Hall–Kier alpha value is -2.39. The van der Waals surface area contributed by atoms with Crippen molar-refractivity contribution in [3.05, 3.63) is 76.3 Å². The largest absolute Gasteiger partial charge is 0.465 e. The number of benzene rings is 2. The van der Waals surface area contributed by atoms with E-state index < -0.39 is 5.97 Å². The number of halogens is 1. The molecule has 0 radical (unpaired) electrons. The van der Waals surface area contributed by atoms with Crippen molar-refractivity contribution < 1.29 is 14.3 Å². The molecule has 21 heavy (non-hydrogen) atoms. The van der Waals surface area contributed by atoms with Crippen molar-refractivity contribution in [3.63, 3.8) is 0 Å². The first-order valence-electron chi connectivity index (χ1n) is 6.27. The number of carbonyl (C=O) groups is 2. The molecule has 3 nitrogen and oxygen atoms in total. The number of allylic oxidation sites excluding steroid dienone is 1. The number of esters is 1. The monoisotopic (exact) mass is 300 g/mol. The summed E-state index contributed by atoms with van der Waals surface area (Å²) < 4.78 is 4.67. The van der Waals surface area contributed by atoms with Crippen molar-refractivity contribution in [2.75, 3.05) is 7.11 Å². The first kappa shape index (κ1) is 15.0. The van der Waals surface area contributed by atoms with Gasteiger partial charge in [0.05, 0.1) is 12.7 Å². The van der Waals surface area contributed by atoms with Crippen LogP contribution in [-0.2, 0) is 4.74 Å². The van der Waals surface area contributed by atoms with Gasteiger partial charge in [0.2, 0.25) is 0 Å². The Morgan fingerprint density at radius 3 is 2.43 bits per heavy atom. The molecule has 0 atom stereocenters. The Kier molecular flexibility index (Phi) is 4.90. The van der Waals surface area contributed by atoms with Crippen LogP contribution >= 0.6 is 11.6 Å². The summed E-state index contributed by atoms with van der Waals surface area (Å²) in [7, 11) is 1.26. The van der Waals surface area contributed by atoms with E-state index in [4.69, 9.17) is 11.6 Å². The van der Waals surface area contributed by atoms with Gasteiger partial charge in [-0.15, -0.1) is 0 Å². The average Bonchev–Trinajstić information content (AvgIpc) is 2.52. The van der Waals surface area contributed by atoms with Gasteiger partial charge in [0.25, 0.3) is 0 Å². The first-order valence-corrected chi connectivity index (χ1v) is 6.65. The first-order chi connectivity index (χ1) is 10.1. The highest BCUT2D eigenvalue weighted by atomic mass is 35.5. The minimum Gasteiger partial charge on any atom is -0.465 e. The van der Waals surface area contributed by atoms with Crippen LogP contribution in [0.3, 0.4) is 0 Å². The minimum atomic E-state index is -0.589. The lowest BCUT2D eigenvalue weighted by molar-refractivity contribution is 0.0597. The van der Waals surface area contributed by atoms with E-state index in [1.807, 2.05) is 30.3 Å². The molecule has 0 fully saturated rings. The zero-order valence-electron chi connectivity index (χ0n) is 11.4. The van der Waals surface area contributed by atoms with Crippen LogP contribution < -0.4 is 0 Å². The zero-order chi connectivity index (χ0) is 15.2. The van der Waals surface area contributed by atoms with Gasteiger partial charge >= 0.3 is 5.97 Å². The maximum Gasteiger partial charge on any atom is 0.338 e. The standard InChI is InChI=1S/C17H13ClO3/c1-21-17(20)15-11-13(18)8-9-14(15)16(19)10-7-12-5-3-2-4-6-12/h2-11H,1H3/b10-7+. The van der Waals surface area contributed by atoms with Crippen molar-refractivity contribution in [2.24, 2.45) is 0 Å². The minimum absolute atomic E-state index is 0.160. The average molecular weight is 301 g/mol. The lowest BCUT2D eigenvalue weighted by Gasteiger charge is -2.05. The fourth-order valence-electron chi connectivity index (χ4n) is 1.84. The van der Waals surface area contributed by atoms with Crippen LogP contribution in [0.15, 0.2) is 54.6 Å². The second-order valence-corrected chi connectivity index (χ2v) is 4.73. The Labute approximate surface area is 127 Å². The number of ketones is 1. The number of carbonyl (C=O) groups excluding carboxylic acids is 2. The third-order valence-electron chi connectivity index (χ3n) is 2.88. The van der Waals surface area contributed by atoms with Crippen LogP contribution in [0, 0.1) is 0 Å². The summed E-state index contributed by atoms with van der Waals surface area (Å²) in [4.78, 5) is 23.9. The molecule has 4 heteroatoms. The van der Waals surface area contributed by atoms with Gasteiger partial charge in [-0.05, 0) is 29.8 Å². The van der Waals surface area contributed by atoms with Crippen molar-refractivity contribution in [1.82, 2.24) is 0 Å². The normalized spacial score (nSPS) is 10.6. The molecule has 0 saturated carbocycles. The molecule has 0 aliphatic heterocycles. The highest BCUT2D eigenvalue weighted by molar-refractivity contribution is 6.31. The summed E-state index contributed by atoms with van der Waals surface area (Å²) in [5.74, 6) is -0.870. The van der Waals surface area contributed by atoms with Crippen molar-refractivity contribution >= 4 is 29.4 Å². The summed E-state index contributed by atoms with van der Waals surface area (Å²) in [6, 6.07) is 13.9. The van der Waals surface area contributed by atoms with Gasteiger partial charge in [0.15, 0.2) is 5.78 Å². The van der Waals surface area contributed by atoms with E-state index >= 15 is 0 Å². The quantitative estimate of drug-likeness (QED) is 0.486. The fourth-order valence-corrected chi connectivity index (χ4v) is 2.01. The van der Waals surface area contributed by atoms with Crippen LogP contribution in [-0.4, -0.2) is 18.9 Å². The van der Waals surface area contributed by atoms with Gasteiger partial charge in [0, 0.05) is 10.6 Å². The SMILES string of the molecule is COC(=O)c1cc(Cl)ccc1C(=O)/C=C/c1ccccc1. The maximum absolute atomic E-state index is 12.2. The number of methoxy groups -OCH3 is 1. The molecular formula is C17H13ClO3. The van der Waals surface area contributed by atoms with Crippen LogP contribution in [0.25, 0.3) is 6.08 Å². The molecule has 0 unspecified atom stereocenters. The van der Waals surface area contributed by atoms with Crippen molar-refractivity contribution in [2.45, 2.75) is 0 Å². The zero-order valence-corrected chi connectivity index (χ0v) is 12.1. The predicted octanol–water partition coefficient (Wildman–Crippen LogP) is 4.02. The van der Waals surface area contributed by atoms with E-state index in [1.165, 1.54) is 25.3 Å². The van der Waals surface area contributed by atoms with Crippen molar-refractivity contribution in [3.8, 4) is 0 Å². The van der Waals surface area contributed by atoms with Gasteiger partial charge in [-0.2, -0.15) is 0 Å². The summed E-state index contributed by atoms with van der Waals surface area (Å²) in [6.45, 7) is 0. The number of hydrogen-bond acceptors (Lipinski definition) is 3. The summed E-state index contributed by atoms with van der Waals surface area (Å²) in [5.41, 5.74) is 1.32. The topological polar surface area (TPSA) is 43.4 Å². The van der Waals surface area contributed by atoms with Crippen LogP contribution in [0.5, 0.6) is 0 Å². The number of rotatable bonds is 4. The third-order valence-corrected chi connectivity index (χ3v) is 3.11. The molecule has 0 N–H and O–H groups in total. The number of ether oxygens (including phenoxy) is 1. The molecule has 0 bridgehead atoms. The van der Waals surface area contributed by atoms with Gasteiger partial charge in [-0.1, -0.05) is 48.0 Å². The molecule has 2 aromatic carbocycles. The highest BCUT2D eigenvalue weighted by Gasteiger charge is 2.16. The summed E-state index contributed by atoms with van der Waals surface area (Å²) >= 11 is 5.86. The van der Waals surface area contributed by atoms with E-state index in [2.05, 4.69) is 4.74 Å². The Balaban J connectivity index is 2.31. The smallest absolute Gasteiger partial charge is 0.338 e. The molecule has 2 rings (SSSR count). The molecule has 0 aliphatic carbocycles. The van der Waals surface area contributed by atoms with E-state index in [1.54, 1.807) is 12.1 Å². The van der Waals surface area contributed by atoms with Crippen LogP contribution in [0.1, 0.15) is 26.3 Å². The fraction of sp³-hybridized carbons (Fsp3) is 0.0588. The van der Waals surface area contributed by atoms with E-state index in [-0.39, 0.29) is 16.9 Å². The molecule has 0 heterocycles. The molecule has 0 aromatic heterocycles. The Morgan fingerprint density at radius 2 is 1.76 bits per heavy atom. The molecule has 0 aliphatic rings. The highest BCUT2D eigenvalue weighted by Crippen LogP contribution is 2.18. The van der Waals surface area contributed by atoms with Crippen LogP contribution in [0.4, 0.5) is 0 Å². The molecule has 106 valence electrons.